The van der Waals surface area contributed by atoms with Crippen molar-refractivity contribution in [1.29, 1.82) is 0 Å². The average molecular weight is 513 g/mol. The zero-order chi connectivity index (χ0) is 26.9. The topological polar surface area (TPSA) is 83.8 Å². The Morgan fingerprint density at radius 3 is 1.36 bits per heavy atom. The molecular weight excluding hydrogens is 452 g/mol. The summed E-state index contributed by atoms with van der Waals surface area (Å²) in [4.78, 5) is 23.0. The van der Waals surface area contributed by atoms with E-state index in [1.807, 2.05) is 0 Å². The van der Waals surface area contributed by atoms with Crippen LogP contribution < -0.4 is 0 Å². The monoisotopic (exact) mass is 512 g/mol. The van der Waals surface area contributed by atoms with Crippen molar-refractivity contribution in [3.63, 3.8) is 0 Å². The van der Waals surface area contributed by atoms with Crippen LogP contribution in [0.1, 0.15) is 168 Å². The fourth-order valence-corrected chi connectivity index (χ4v) is 5.31. The number of aliphatic hydroxyl groups excluding tert-OH is 2. The van der Waals surface area contributed by atoms with Crippen LogP contribution in [0.4, 0.5) is 0 Å². The largest absolute Gasteiger partial charge is 0.393 e. The zero-order valence-electron chi connectivity index (χ0n) is 24.2. The molecule has 0 spiro atoms. The molecule has 2 N–H and O–H groups in total. The lowest BCUT2D eigenvalue weighted by molar-refractivity contribution is -0.167. The molecule has 0 saturated carbocycles. The summed E-state index contributed by atoms with van der Waals surface area (Å²) in [6.45, 7) is 6.16. The third-order valence-corrected chi connectivity index (χ3v) is 7.68. The van der Waals surface area contributed by atoms with Crippen LogP contribution >= 0.6 is 0 Å². The molecule has 0 saturated heterocycles. The highest BCUT2D eigenvalue weighted by molar-refractivity contribution is 5.87. The second-order valence-electron chi connectivity index (χ2n) is 11.0. The number of esters is 2. The molecule has 5 heteroatoms. The van der Waals surface area contributed by atoms with Gasteiger partial charge in [-0.2, -0.15) is 0 Å². The highest BCUT2D eigenvalue weighted by Gasteiger charge is 2.28. The Morgan fingerprint density at radius 2 is 0.972 bits per heavy atom. The van der Waals surface area contributed by atoms with Gasteiger partial charge in [-0.25, -0.2) is 4.79 Å². The molecule has 0 rings (SSSR count). The van der Waals surface area contributed by atoms with E-state index in [-0.39, 0.29) is 6.42 Å². The Morgan fingerprint density at radius 1 is 0.611 bits per heavy atom. The summed E-state index contributed by atoms with van der Waals surface area (Å²) in [6, 6.07) is 0. The minimum atomic E-state index is -1.63. The number of unbranched alkanes of at least 4 members (excludes halogenated alkanes) is 14. The normalized spacial score (nSPS) is 12.6. The van der Waals surface area contributed by atoms with Gasteiger partial charge in [0.2, 0.25) is 0 Å². The Kier molecular flexibility index (Phi) is 23.8. The Bertz CT molecular complexity index is 488. The number of hydrogen-bond acceptors (Lipinski definition) is 5. The summed E-state index contributed by atoms with van der Waals surface area (Å²) in [5.41, 5.74) is 0.546. The highest BCUT2D eigenvalue weighted by Crippen LogP contribution is 2.42. The molecule has 0 aromatic rings. The van der Waals surface area contributed by atoms with Crippen LogP contribution in [0, 0.1) is 5.41 Å². The third kappa shape index (κ3) is 19.2. The number of hydrogen-bond donors (Lipinski definition) is 2. The number of carbonyl (C=O) groups excluding carboxylic acids is 2. The summed E-state index contributed by atoms with van der Waals surface area (Å²) in [5.74, 6) is -1.68. The van der Waals surface area contributed by atoms with E-state index < -0.39 is 24.6 Å². The summed E-state index contributed by atoms with van der Waals surface area (Å²) in [7, 11) is 0. The van der Waals surface area contributed by atoms with Crippen molar-refractivity contribution >= 4 is 11.9 Å². The van der Waals surface area contributed by atoms with Crippen molar-refractivity contribution in [2.24, 2.45) is 5.41 Å². The molecule has 0 aliphatic heterocycles. The zero-order valence-corrected chi connectivity index (χ0v) is 24.2. The maximum Gasteiger partial charge on any atom is 0.345 e. The van der Waals surface area contributed by atoms with E-state index in [1.165, 1.54) is 122 Å². The highest BCUT2D eigenvalue weighted by atomic mass is 16.6. The summed E-state index contributed by atoms with van der Waals surface area (Å²) < 4.78 is 4.54. The maximum atomic E-state index is 11.7. The van der Waals surface area contributed by atoms with Gasteiger partial charge >= 0.3 is 11.9 Å². The minimum Gasteiger partial charge on any atom is -0.393 e. The first-order chi connectivity index (χ1) is 17.4. The molecule has 0 aromatic heterocycles. The van der Waals surface area contributed by atoms with Gasteiger partial charge in [-0.15, -0.1) is 0 Å². The van der Waals surface area contributed by atoms with Gasteiger partial charge in [0.15, 0.2) is 6.10 Å². The molecule has 0 heterocycles. The molecule has 0 bridgehead atoms. The smallest absolute Gasteiger partial charge is 0.345 e. The van der Waals surface area contributed by atoms with E-state index in [0.29, 0.717) is 11.8 Å². The fourth-order valence-electron chi connectivity index (χ4n) is 5.31. The molecule has 1 unspecified atom stereocenters. The van der Waals surface area contributed by atoms with Crippen LogP contribution in [-0.2, 0) is 14.3 Å². The van der Waals surface area contributed by atoms with Crippen LogP contribution in [0.3, 0.4) is 0 Å². The molecule has 0 radical (unpaired) electrons. The summed E-state index contributed by atoms with van der Waals surface area (Å²) in [6.07, 6.45) is 27.0. The lowest BCUT2D eigenvalue weighted by Crippen LogP contribution is -2.28. The van der Waals surface area contributed by atoms with Crippen LogP contribution in [0.25, 0.3) is 0 Å². The number of rotatable bonds is 26. The summed E-state index contributed by atoms with van der Waals surface area (Å²) in [5, 5.41) is 17.9. The van der Waals surface area contributed by atoms with Crippen molar-refractivity contribution in [2.45, 2.75) is 175 Å². The van der Waals surface area contributed by atoms with Crippen molar-refractivity contribution < 1.29 is 24.5 Å². The van der Waals surface area contributed by atoms with Crippen LogP contribution in [0.5, 0.6) is 0 Å². The fraction of sp³-hybridized carbons (Fsp3) is 0.935. The molecule has 0 aliphatic rings. The number of aliphatic hydroxyl groups is 2. The Balaban J connectivity index is 4.47. The van der Waals surface area contributed by atoms with Gasteiger partial charge in [0.1, 0.15) is 0 Å². The molecule has 5 nitrogen and oxygen atoms in total. The first-order valence-electron chi connectivity index (χ1n) is 15.5. The molecule has 0 aromatic carbocycles. The Hall–Kier alpha value is -0.940. The SMILES string of the molecule is CCCCCCC(CCCCCC)(CCCCCC)CCCCCCCCC(=O)OC(=O)C(O)CO. The molecule has 0 aliphatic carbocycles. The van der Waals surface area contributed by atoms with E-state index in [4.69, 9.17) is 10.2 Å². The third-order valence-electron chi connectivity index (χ3n) is 7.68. The average Bonchev–Trinajstić information content (AvgIpc) is 2.88. The quantitative estimate of drug-likeness (QED) is 0.0690. The van der Waals surface area contributed by atoms with E-state index in [0.717, 1.165) is 12.8 Å². The predicted octanol–water partition coefficient (Wildman–Crippen LogP) is 8.43. The molecule has 1 atom stereocenters. The van der Waals surface area contributed by atoms with Gasteiger partial charge in [0.25, 0.3) is 0 Å². The first kappa shape index (κ1) is 35.1. The van der Waals surface area contributed by atoms with Crippen molar-refractivity contribution in [2.75, 3.05) is 6.61 Å². The molecule has 0 amide bonds. The number of ether oxygens (including phenoxy) is 1. The summed E-state index contributed by atoms with van der Waals surface area (Å²) >= 11 is 0. The molecule has 36 heavy (non-hydrogen) atoms. The van der Waals surface area contributed by atoms with Crippen molar-refractivity contribution in [3.05, 3.63) is 0 Å². The molecule has 0 fully saturated rings. The van der Waals surface area contributed by atoms with Crippen LogP contribution in [0.15, 0.2) is 0 Å². The van der Waals surface area contributed by atoms with Gasteiger partial charge in [-0.3, -0.25) is 4.79 Å². The lowest BCUT2D eigenvalue weighted by Gasteiger charge is -2.35. The second-order valence-corrected chi connectivity index (χ2v) is 11.0. The van der Waals surface area contributed by atoms with E-state index in [2.05, 4.69) is 25.5 Å². The maximum absolute atomic E-state index is 11.7. The van der Waals surface area contributed by atoms with Crippen LogP contribution in [0.2, 0.25) is 0 Å². The van der Waals surface area contributed by atoms with Crippen molar-refractivity contribution in [3.8, 4) is 0 Å². The van der Waals surface area contributed by atoms with Crippen LogP contribution in [-0.4, -0.2) is 34.9 Å². The van der Waals surface area contributed by atoms with Gasteiger partial charge in [0.05, 0.1) is 6.61 Å². The lowest BCUT2D eigenvalue weighted by atomic mass is 9.70. The van der Waals surface area contributed by atoms with Gasteiger partial charge in [0, 0.05) is 6.42 Å². The molecule has 214 valence electrons. The second kappa shape index (κ2) is 24.4. The van der Waals surface area contributed by atoms with E-state index in [9.17, 15) is 9.59 Å². The number of carbonyl (C=O) groups is 2. The Labute approximate surface area is 223 Å². The van der Waals surface area contributed by atoms with Crippen molar-refractivity contribution in [1.82, 2.24) is 0 Å². The first-order valence-corrected chi connectivity index (χ1v) is 15.5. The molecular formula is C31H60O5. The van der Waals surface area contributed by atoms with Gasteiger partial charge in [-0.05, 0) is 37.5 Å². The van der Waals surface area contributed by atoms with Gasteiger partial charge < -0.3 is 14.9 Å². The standard InChI is InChI=1S/C31H60O5/c1-4-7-10-18-23-31(24-19-11-8-5-2,25-20-12-9-6-3)26-21-16-14-13-15-17-22-29(34)36-30(35)28(33)27-32/h28,32-33H,4-27H2,1-3H3. The van der Waals surface area contributed by atoms with Gasteiger partial charge in [-0.1, -0.05) is 130 Å². The predicted molar refractivity (Wildman–Crippen MR) is 150 cm³/mol. The van der Waals surface area contributed by atoms with E-state index >= 15 is 0 Å². The minimum absolute atomic E-state index is 0.181. The van der Waals surface area contributed by atoms with E-state index in [1.54, 1.807) is 0 Å².